The molecule has 2 atom stereocenters. The molecule has 2 aliphatic rings. The lowest BCUT2D eigenvalue weighted by molar-refractivity contribution is -0.154. The molecule has 1 heterocycles. The number of carbonyl (C=O) groups is 4. The Kier molecular flexibility index (Phi) is 6.67. The van der Waals surface area contributed by atoms with Crippen molar-refractivity contribution >= 4 is 35.3 Å². The van der Waals surface area contributed by atoms with Crippen LogP contribution in [0.5, 0.6) is 0 Å². The zero-order valence-corrected chi connectivity index (χ0v) is 16.2. The van der Waals surface area contributed by atoms with Crippen LogP contribution in [-0.4, -0.2) is 48.3 Å². The van der Waals surface area contributed by atoms with Crippen molar-refractivity contribution in [3.63, 3.8) is 0 Å². The van der Waals surface area contributed by atoms with Crippen molar-refractivity contribution in [1.82, 2.24) is 10.2 Å². The lowest BCUT2D eigenvalue weighted by atomic mass is 9.81. The number of imide groups is 1. The second-order valence-corrected chi connectivity index (χ2v) is 7.58. The minimum absolute atomic E-state index is 0.293. The Labute approximate surface area is 168 Å². The number of rotatable bonds is 7. The van der Waals surface area contributed by atoms with Gasteiger partial charge in [-0.15, -0.1) is 0 Å². The van der Waals surface area contributed by atoms with Gasteiger partial charge < -0.3 is 10.1 Å². The SMILES string of the molecule is O=C(COC(=O)CN1C(=O)[C@H]2CCCC[C@H]2C1=O)NCCc1ccc(Cl)cc1. The van der Waals surface area contributed by atoms with Crippen molar-refractivity contribution in [2.45, 2.75) is 32.1 Å². The molecular formula is C20H23ClN2O5. The van der Waals surface area contributed by atoms with Gasteiger partial charge >= 0.3 is 5.97 Å². The van der Waals surface area contributed by atoms with E-state index in [0.29, 0.717) is 30.8 Å². The molecule has 150 valence electrons. The summed E-state index contributed by atoms with van der Waals surface area (Å²) in [6.07, 6.45) is 3.85. The van der Waals surface area contributed by atoms with Crippen molar-refractivity contribution in [3.05, 3.63) is 34.9 Å². The maximum Gasteiger partial charge on any atom is 0.326 e. The molecule has 8 heteroatoms. The molecule has 0 aromatic heterocycles. The van der Waals surface area contributed by atoms with Crippen LogP contribution in [0.4, 0.5) is 0 Å². The Hall–Kier alpha value is -2.41. The molecule has 1 saturated carbocycles. The maximum atomic E-state index is 12.3. The zero-order valence-electron chi connectivity index (χ0n) is 15.5. The van der Waals surface area contributed by atoms with Gasteiger partial charge in [-0.2, -0.15) is 0 Å². The first kappa shape index (κ1) is 20.3. The summed E-state index contributed by atoms with van der Waals surface area (Å²) in [5.74, 6) is -2.38. The Balaban J connectivity index is 1.38. The number of ether oxygens (including phenoxy) is 1. The minimum atomic E-state index is -0.756. The molecule has 1 saturated heterocycles. The van der Waals surface area contributed by atoms with Gasteiger partial charge in [0.2, 0.25) is 11.8 Å². The van der Waals surface area contributed by atoms with Crippen LogP contribution in [0.3, 0.4) is 0 Å². The quantitative estimate of drug-likeness (QED) is 0.549. The predicted octanol–water partition coefficient (Wildman–Crippen LogP) is 1.72. The molecule has 3 amide bonds. The maximum absolute atomic E-state index is 12.3. The van der Waals surface area contributed by atoms with Gasteiger partial charge in [0.15, 0.2) is 6.61 Å². The molecule has 1 aliphatic heterocycles. The van der Waals surface area contributed by atoms with E-state index in [4.69, 9.17) is 16.3 Å². The molecule has 0 bridgehead atoms. The topological polar surface area (TPSA) is 92.8 Å². The van der Waals surface area contributed by atoms with E-state index in [2.05, 4.69) is 5.32 Å². The van der Waals surface area contributed by atoms with Crippen molar-refractivity contribution in [2.24, 2.45) is 11.8 Å². The number of halogens is 1. The van der Waals surface area contributed by atoms with Crippen LogP contribution in [-0.2, 0) is 30.3 Å². The standard InChI is InChI=1S/C20H23ClN2O5/c21-14-7-5-13(6-8-14)9-10-22-17(24)12-28-18(25)11-23-19(26)15-3-1-2-4-16(15)20(23)27/h5-8,15-16H,1-4,9-12H2,(H,22,24)/t15-,16+. The lowest BCUT2D eigenvalue weighted by Crippen LogP contribution is -2.38. The fourth-order valence-corrected chi connectivity index (χ4v) is 3.88. The number of hydrogen-bond donors (Lipinski definition) is 1. The van der Waals surface area contributed by atoms with E-state index >= 15 is 0 Å². The second kappa shape index (κ2) is 9.19. The number of likely N-dealkylation sites (tertiary alicyclic amines) is 1. The summed E-state index contributed by atoms with van der Waals surface area (Å²) in [6.45, 7) is -0.476. The van der Waals surface area contributed by atoms with E-state index in [9.17, 15) is 19.2 Å². The van der Waals surface area contributed by atoms with E-state index in [1.54, 1.807) is 12.1 Å². The summed E-state index contributed by atoms with van der Waals surface area (Å²) in [4.78, 5) is 49.4. The number of carbonyl (C=O) groups excluding carboxylic acids is 4. The molecule has 1 aromatic carbocycles. The van der Waals surface area contributed by atoms with Crippen molar-refractivity contribution in [1.29, 1.82) is 0 Å². The Morgan fingerprint density at radius 3 is 2.29 bits per heavy atom. The van der Waals surface area contributed by atoms with Crippen LogP contribution in [0.25, 0.3) is 0 Å². The Morgan fingerprint density at radius 2 is 1.68 bits per heavy atom. The summed E-state index contributed by atoms with van der Waals surface area (Å²) in [7, 11) is 0. The Morgan fingerprint density at radius 1 is 1.07 bits per heavy atom. The molecule has 28 heavy (non-hydrogen) atoms. The molecule has 1 aromatic rings. The fourth-order valence-electron chi connectivity index (χ4n) is 3.76. The first-order chi connectivity index (χ1) is 13.5. The van der Waals surface area contributed by atoms with Crippen LogP contribution < -0.4 is 5.32 Å². The summed E-state index contributed by atoms with van der Waals surface area (Å²) in [6, 6.07) is 7.29. The number of benzene rings is 1. The van der Waals surface area contributed by atoms with Crippen molar-refractivity contribution in [3.8, 4) is 0 Å². The number of esters is 1. The van der Waals surface area contributed by atoms with E-state index in [1.165, 1.54) is 0 Å². The largest absolute Gasteiger partial charge is 0.454 e. The van der Waals surface area contributed by atoms with Gasteiger partial charge in [-0.25, -0.2) is 0 Å². The number of amides is 3. The monoisotopic (exact) mass is 406 g/mol. The first-order valence-corrected chi connectivity index (χ1v) is 9.85. The number of nitrogens with zero attached hydrogens (tertiary/aromatic N) is 1. The molecular weight excluding hydrogens is 384 g/mol. The summed E-state index contributed by atoms with van der Waals surface area (Å²) < 4.78 is 4.92. The highest BCUT2D eigenvalue weighted by atomic mass is 35.5. The zero-order chi connectivity index (χ0) is 20.1. The molecule has 7 nitrogen and oxygen atoms in total. The van der Waals surface area contributed by atoms with E-state index in [0.717, 1.165) is 23.3 Å². The third-order valence-corrected chi connectivity index (χ3v) is 5.48. The third kappa shape index (κ3) is 4.90. The molecule has 2 fully saturated rings. The molecule has 0 spiro atoms. The van der Waals surface area contributed by atoms with Crippen LogP contribution >= 0.6 is 11.6 Å². The van der Waals surface area contributed by atoms with Crippen molar-refractivity contribution in [2.75, 3.05) is 19.7 Å². The molecule has 0 unspecified atom stereocenters. The first-order valence-electron chi connectivity index (χ1n) is 9.47. The average Bonchev–Trinajstić information content (AvgIpc) is 2.93. The van der Waals surface area contributed by atoms with Crippen LogP contribution in [0.1, 0.15) is 31.2 Å². The normalized spacial score (nSPS) is 21.4. The van der Waals surface area contributed by atoms with Gasteiger partial charge in [-0.3, -0.25) is 24.1 Å². The summed E-state index contributed by atoms with van der Waals surface area (Å²) in [5, 5.41) is 3.30. The van der Waals surface area contributed by atoms with E-state index in [-0.39, 0.29) is 23.7 Å². The summed E-state index contributed by atoms with van der Waals surface area (Å²) in [5.41, 5.74) is 1.02. The van der Waals surface area contributed by atoms with Crippen molar-refractivity contribution < 1.29 is 23.9 Å². The van der Waals surface area contributed by atoms with Gasteiger partial charge in [0, 0.05) is 11.6 Å². The molecule has 1 N–H and O–H groups in total. The third-order valence-electron chi connectivity index (χ3n) is 5.23. The average molecular weight is 407 g/mol. The lowest BCUT2D eigenvalue weighted by Gasteiger charge is -2.19. The van der Waals surface area contributed by atoms with Gasteiger partial charge in [0.25, 0.3) is 5.91 Å². The van der Waals surface area contributed by atoms with Gasteiger partial charge in [0.1, 0.15) is 6.54 Å². The van der Waals surface area contributed by atoms with Crippen LogP contribution in [0.15, 0.2) is 24.3 Å². The van der Waals surface area contributed by atoms with Gasteiger partial charge in [-0.05, 0) is 37.0 Å². The van der Waals surface area contributed by atoms with E-state index < -0.39 is 25.0 Å². The predicted molar refractivity (Wildman–Crippen MR) is 101 cm³/mol. The highest BCUT2D eigenvalue weighted by Gasteiger charge is 2.48. The Bertz CT molecular complexity index is 740. The highest BCUT2D eigenvalue weighted by molar-refractivity contribution is 6.30. The van der Waals surface area contributed by atoms with Crippen LogP contribution in [0.2, 0.25) is 5.02 Å². The molecule has 0 radical (unpaired) electrons. The second-order valence-electron chi connectivity index (χ2n) is 7.15. The van der Waals surface area contributed by atoms with Crippen LogP contribution in [0, 0.1) is 11.8 Å². The number of hydrogen-bond acceptors (Lipinski definition) is 5. The fraction of sp³-hybridized carbons (Fsp3) is 0.500. The van der Waals surface area contributed by atoms with E-state index in [1.807, 2.05) is 12.1 Å². The minimum Gasteiger partial charge on any atom is -0.454 e. The summed E-state index contributed by atoms with van der Waals surface area (Å²) >= 11 is 5.82. The smallest absolute Gasteiger partial charge is 0.326 e. The highest BCUT2D eigenvalue weighted by Crippen LogP contribution is 2.37. The number of fused-ring (bicyclic) bond motifs is 1. The molecule has 3 rings (SSSR count). The van der Waals surface area contributed by atoms with Gasteiger partial charge in [0.05, 0.1) is 11.8 Å². The van der Waals surface area contributed by atoms with Gasteiger partial charge in [-0.1, -0.05) is 36.6 Å². The number of nitrogens with one attached hydrogen (secondary N) is 1. The molecule has 1 aliphatic carbocycles.